The van der Waals surface area contributed by atoms with Crippen molar-refractivity contribution in [2.75, 3.05) is 11.9 Å². The number of rotatable bonds is 4. The van der Waals surface area contributed by atoms with Gasteiger partial charge < -0.3 is 4.90 Å². The zero-order chi connectivity index (χ0) is 13.7. The van der Waals surface area contributed by atoms with E-state index in [2.05, 4.69) is 0 Å². The molecule has 19 heavy (non-hydrogen) atoms. The molecule has 0 fully saturated rings. The molecule has 0 heterocycles. The molecule has 0 aromatic heterocycles. The van der Waals surface area contributed by atoms with Gasteiger partial charge in [0.25, 0.3) is 0 Å². The van der Waals surface area contributed by atoms with Crippen molar-refractivity contribution >= 4 is 23.2 Å². The van der Waals surface area contributed by atoms with Crippen LogP contribution in [0.1, 0.15) is 5.56 Å². The molecule has 0 spiro atoms. The van der Waals surface area contributed by atoms with E-state index in [1.807, 2.05) is 60.7 Å². The summed E-state index contributed by atoms with van der Waals surface area (Å²) in [6, 6.07) is 19.3. The zero-order valence-corrected chi connectivity index (χ0v) is 11.5. The van der Waals surface area contributed by atoms with Crippen LogP contribution < -0.4 is 4.90 Å². The number of halogens is 1. The number of carbonyl (C=O) groups is 1. The van der Waals surface area contributed by atoms with Gasteiger partial charge in [0, 0.05) is 12.7 Å². The number of hydrogen-bond donors (Lipinski definition) is 0. The fraction of sp³-hybridized carbons (Fsp3) is 0.188. The van der Waals surface area contributed by atoms with E-state index in [0.29, 0.717) is 6.42 Å². The molecule has 2 aromatic rings. The van der Waals surface area contributed by atoms with Crippen molar-refractivity contribution < 1.29 is 4.79 Å². The van der Waals surface area contributed by atoms with Crippen LogP contribution in [0.25, 0.3) is 0 Å². The monoisotopic (exact) mass is 273 g/mol. The molecule has 0 aliphatic carbocycles. The molecule has 98 valence electrons. The second-order valence-electron chi connectivity index (χ2n) is 4.39. The molecule has 0 saturated heterocycles. The van der Waals surface area contributed by atoms with E-state index < -0.39 is 5.38 Å². The Hall–Kier alpha value is -1.80. The van der Waals surface area contributed by atoms with Crippen molar-refractivity contribution in [1.29, 1.82) is 0 Å². The van der Waals surface area contributed by atoms with Gasteiger partial charge in [-0.15, -0.1) is 11.6 Å². The van der Waals surface area contributed by atoms with Gasteiger partial charge in [0.2, 0.25) is 5.91 Å². The Morgan fingerprint density at radius 2 is 1.58 bits per heavy atom. The van der Waals surface area contributed by atoms with Gasteiger partial charge in [-0.1, -0.05) is 48.5 Å². The van der Waals surface area contributed by atoms with Crippen molar-refractivity contribution in [2.24, 2.45) is 0 Å². The Labute approximate surface area is 118 Å². The summed E-state index contributed by atoms with van der Waals surface area (Å²) in [6.07, 6.45) is 0.540. The first-order chi connectivity index (χ1) is 9.18. The van der Waals surface area contributed by atoms with E-state index in [1.54, 1.807) is 11.9 Å². The van der Waals surface area contributed by atoms with E-state index in [0.717, 1.165) is 11.3 Å². The predicted molar refractivity (Wildman–Crippen MR) is 79.6 cm³/mol. The molecule has 2 rings (SSSR count). The molecule has 0 aliphatic rings. The Morgan fingerprint density at radius 1 is 1.05 bits per heavy atom. The van der Waals surface area contributed by atoms with Gasteiger partial charge in [-0.3, -0.25) is 4.79 Å². The van der Waals surface area contributed by atoms with Crippen LogP contribution >= 0.6 is 11.6 Å². The third-order valence-electron chi connectivity index (χ3n) is 3.00. The predicted octanol–water partition coefficient (Wildman–Crippen LogP) is 3.50. The van der Waals surface area contributed by atoms with Crippen LogP contribution in [0.15, 0.2) is 60.7 Å². The highest BCUT2D eigenvalue weighted by Gasteiger charge is 2.20. The largest absolute Gasteiger partial charge is 0.314 e. The van der Waals surface area contributed by atoms with Crippen LogP contribution in [0.5, 0.6) is 0 Å². The smallest absolute Gasteiger partial charge is 0.245 e. The SMILES string of the molecule is CN(C(=O)[C@@H](Cl)Cc1ccccc1)c1ccccc1. The normalized spacial score (nSPS) is 11.9. The fourth-order valence-electron chi connectivity index (χ4n) is 1.90. The molecule has 3 heteroatoms. The molecule has 1 atom stereocenters. The van der Waals surface area contributed by atoms with Crippen molar-refractivity contribution in [1.82, 2.24) is 0 Å². The van der Waals surface area contributed by atoms with Crippen LogP contribution in [0.4, 0.5) is 5.69 Å². The minimum atomic E-state index is -0.549. The average Bonchev–Trinajstić information content (AvgIpc) is 2.47. The molecule has 0 aliphatic heterocycles. The highest BCUT2D eigenvalue weighted by atomic mass is 35.5. The number of alkyl halides is 1. The molecular formula is C16H16ClNO. The lowest BCUT2D eigenvalue weighted by atomic mass is 10.1. The summed E-state index contributed by atoms with van der Waals surface area (Å²) in [6.45, 7) is 0. The minimum Gasteiger partial charge on any atom is -0.314 e. The number of amides is 1. The highest BCUT2D eigenvalue weighted by Crippen LogP contribution is 2.16. The Balaban J connectivity index is 2.03. The number of hydrogen-bond acceptors (Lipinski definition) is 1. The summed E-state index contributed by atoms with van der Waals surface area (Å²) in [7, 11) is 1.75. The number of anilines is 1. The Kier molecular flexibility index (Phi) is 4.58. The van der Waals surface area contributed by atoms with Crippen LogP contribution in [0.3, 0.4) is 0 Å². The van der Waals surface area contributed by atoms with Crippen LogP contribution in [-0.2, 0) is 11.2 Å². The first-order valence-corrected chi connectivity index (χ1v) is 6.63. The second-order valence-corrected chi connectivity index (χ2v) is 4.92. The minimum absolute atomic E-state index is 0.0864. The number of nitrogens with zero attached hydrogens (tertiary/aromatic N) is 1. The van der Waals surface area contributed by atoms with Gasteiger partial charge in [0.15, 0.2) is 0 Å². The number of benzene rings is 2. The molecular weight excluding hydrogens is 258 g/mol. The summed E-state index contributed by atoms with van der Waals surface area (Å²) >= 11 is 6.22. The lowest BCUT2D eigenvalue weighted by Crippen LogP contribution is -2.34. The first kappa shape index (κ1) is 13.6. The Morgan fingerprint density at radius 3 is 2.16 bits per heavy atom. The van der Waals surface area contributed by atoms with Crippen LogP contribution in [0, 0.1) is 0 Å². The van der Waals surface area contributed by atoms with E-state index in [4.69, 9.17) is 11.6 Å². The van der Waals surface area contributed by atoms with Gasteiger partial charge in [-0.2, -0.15) is 0 Å². The average molecular weight is 274 g/mol. The maximum atomic E-state index is 12.2. The van der Waals surface area contributed by atoms with Gasteiger partial charge in [-0.25, -0.2) is 0 Å². The van der Waals surface area contributed by atoms with E-state index >= 15 is 0 Å². The maximum Gasteiger partial charge on any atom is 0.245 e. The van der Waals surface area contributed by atoms with Crippen LogP contribution in [-0.4, -0.2) is 18.3 Å². The van der Waals surface area contributed by atoms with Crippen molar-refractivity contribution in [3.8, 4) is 0 Å². The molecule has 2 aromatic carbocycles. The standard InChI is InChI=1S/C16H16ClNO/c1-18(14-10-6-3-7-11-14)16(19)15(17)12-13-8-4-2-5-9-13/h2-11,15H,12H2,1H3/t15-/m0/s1. The zero-order valence-electron chi connectivity index (χ0n) is 10.8. The molecule has 0 bridgehead atoms. The lowest BCUT2D eigenvalue weighted by molar-refractivity contribution is -0.118. The first-order valence-electron chi connectivity index (χ1n) is 6.19. The molecule has 1 amide bonds. The summed E-state index contributed by atoms with van der Waals surface area (Å²) in [4.78, 5) is 13.8. The summed E-state index contributed by atoms with van der Waals surface area (Å²) in [5, 5.41) is -0.549. The molecule has 2 nitrogen and oxygen atoms in total. The van der Waals surface area contributed by atoms with Gasteiger partial charge >= 0.3 is 0 Å². The van der Waals surface area contributed by atoms with Crippen molar-refractivity contribution in [3.05, 3.63) is 66.2 Å². The molecule has 0 unspecified atom stereocenters. The van der Waals surface area contributed by atoms with Gasteiger partial charge in [0.05, 0.1) is 0 Å². The molecule has 0 N–H and O–H groups in total. The van der Waals surface area contributed by atoms with Gasteiger partial charge in [-0.05, 0) is 24.1 Å². The lowest BCUT2D eigenvalue weighted by Gasteiger charge is -2.20. The molecule has 0 saturated carbocycles. The van der Waals surface area contributed by atoms with Gasteiger partial charge in [0.1, 0.15) is 5.38 Å². The van der Waals surface area contributed by atoms with E-state index in [-0.39, 0.29) is 5.91 Å². The molecule has 0 radical (unpaired) electrons. The van der Waals surface area contributed by atoms with Crippen LogP contribution in [0.2, 0.25) is 0 Å². The summed E-state index contributed by atoms with van der Waals surface area (Å²) in [5.41, 5.74) is 1.92. The number of para-hydroxylation sites is 1. The Bertz CT molecular complexity index is 527. The summed E-state index contributed by atoms with van der Waals surface area (Å²) in [5.74, 6) is -0.0864. The quantitative estimate of drug-likeness (QED) is 0.781. The van der Waals surface area contributed by atoms with Crippen molar-refractivity contribution in [3.63, 3.8) is 0 Å². The topological polar surface area (TPSA) is 20.3 Å². The van der Waals surface area contributed by atoms with Crippen molar-refractivity contribution in [2.45, 2.75) is 11.8 Å². The fourth-order valence-corrected chi connectivity index (χ4v) is 2.22. The maximum absolute atomic E-state index is 12.2. The number of carbonyl (C=O) groups excluding carboxylic acids is 1. The summed E-state index contributed by atoms with van der Waals surface area (Å²) < 4.78 is 0. The highest BCUT2D eigenvalue weighted by molar-refractivity contribution is 6.32. The van der Waals surface area contributed by atoms with E-state index in [1.165, 1.54) is 0 Å². The third kappa shape index (κ3) is 3.58. The third-order valence-corrected chi connectivity index (χ3v) is 3.34. The van der Waals surface area contributed by atoms with E-state index in [9.17, 15) is 4.79 Å². The second kappa shape index (κ2) is 6.39.